The van der Waals surface area contributed by atoms with Crippen LogP contribution in [0.2, 0.25) is 0 Å². The molecule has 2 aromatic heterocycles. The summed E-state index contributed by atoms with van der Waals surface area (Å²) in [4.78, 5) is 7.13. The van der Waals surface area contributed by atoms with Crippen molar-refractivity contribution < 1.29 is 8.42 Å². The maximum absolute atomic E-state index is 13.1. The van der Waals surface area contributed by atoms with Gasteiger partial charge in [-0.3, -0.25) is 0 Å². The first-order valence-corrected chi connectivity index (χ1v) is 11.2. The van der Waals surface area contributed by atoms with Crippen LogP contribution >= 0.6 is 22.6 Å². The van der Waals surface area contributed by atoms with E-state index in [0.29, 0.717) is 9.35 Å². The number of benzene rings is 1. The van der Waals surface area contributed by atoms with Gasteiger partial charge in [0, 0.05) is 18.5 Å². The third-order valence-electron chi connectivity index (χ3n) is 4.82. The molecule has 0 saturated carbocycles. The minimum absolute atomic E-state index is 0.278. The van der Waals surface area contributed by atoms with Gasteiger partial charge in [-0.2, -0.15) is 0 Å². The lowest BCUT2D eigenvalue weighted by molar-refractivity contribution is 0.577. The van der Waals surface area contributed by atoms with Crippen LogP contribution in [0, 0.1) is 10.6 Å². The summed E-state index contributed by atoms with van der Waals surface area (Å²) in [7, 11) is -3.67. The Morgan fingerprint density at radius 2 is 1.73 bits per heavy atom. The molecule has 4 rings (SSSR count). The van der Waals surface area contributed by atoms with E-state index in [1.165, 1.54) is 23.2 Å². The molecule has 0 bridgehead atoms. The lowest BCUT2D eigenvalue weighted by Crippen LogP contribution is -2.29. The molecule has 5 nitrogen and oxygen atoms in total. The van der Waals surface area contributed by atoms with Gasteiger partial charge in [0.15, 0.2) is 5.65 Å². The van der Waals surface area contributed by atoms with E-state index < -0.39 is 10.0 Å². The standard InChI is InChI=1S/C19H20IN3O2S/c1-14-5-7-17(8-6-14)26(24,25)23-18(20)12-15-11-16(13-21-19(15)23)22-9-3-2-4-10-22/h5-8,11-13H,2-4,9-10H2,1H3. The minimum Gasteiger partial charge on any atom is -0.370 e. The number of aromatic nitrogens is 2. The van der Waals surface area contributed by atoms with E-state index in [0.717, 1.165) is 29.7 Å². The van der Waals surface area contributed by atoms with E-state index in [4.69, 9.17) is 0 Å². The number of hydrogen-bond donors (Lipinski definition) is 0. The summed E-state index contributed by atoms with van der Waals surface area (Å²) in [5.74, 6) is 0. The average Bonchev–Trinajstić information content (AvgIpc) is 2.98. The summed E-state index contributed by atoms with van der Waals surface area (Å²) in [6, 6.07) is 10.9. The van der Waals surface area contributed by atoms with E-state index in [1.54, 1.807) is 18.3 Å². The van der Waals surface area contributed by atoms with Crippen LogP contribution in [0.5, 0.6) is 0 Å². The number of nitrogens with zero attached hydrogens (tertiary/aromatic N) is 3. The van der Waals surface area contributed by atoms with Gasteiger partial charge >= 0.3 is 0 Å². The highest BCUT2D eigenvalue weighted by molar-refractivity contribution is 14.1. The maximum atomic E-state index is 13.1. The molecule has 26 heavy (non-hydrogen) atoms. The number of aryl methyl sites for hydroxylation is 1. The molecule has 0 radical (unpaired) electrons. The Hall–Kier alpha value is -1.61. The van der Waals surface area contributed by atoms with Crippen molar-refractivity contribution in [3.63, 3.8) is 0 Å². The zero-order chi connectivity index (χ0) is 18.3. The van der Waals surface area contributed by atoms with Gasteiger partial charge < -0.3 is 4.90 Å². The van der Waals surface area contributed by atoms with Gasteiger partial charge in [0.05, 0.1) is 20.5 Å². The molecule has 0 amide bonds. The van der Waals surface area contributed by atoms with Crippen molar-refractivity contribution in [1.29, 1.82) is 0 Å². The van der Waals surface area contributed by atoms with Gasteiger partial charge in [0.2, 0.25) is 0 Å². The van der Waals surface area contributed by atoms with Crippen molar-refractivity contribution in [3.8, 4) is 0 Å². The monoisotopic (exact) mass is 481 g/mol. The van der Waals surface area contributed by atoms with Crippen molar-refractivity contribution in [1.82, 2.24) is 8.96 Å². The number of rotatable bonds is 3. The molecule has 0 N–H and O–H groups in total. The molecular weight excluding hydrogens is 461 g/mol. The van der Waals surface area contributed by atoms with Gasteiger partial charge in [-0.1, -0.05) is 17.7 Å². The highest BCUT2D eigenvalue weighted by atomic mass is 127. The number of halogens is 1. The zero-order valence-electron chi connectivity index (χ0n) is 14.5. The van der Waals surface area contributed by atoms with Crippen LogP contribution in [0.1, 0.15) is 24.8 Å². The molecule has 0 spiro atoms. The second kappa shape index (κ2) is 6.84. The first kappa shape index (κ1) is 17.8. The minimum atomic E-state index is -3.67. The largest absolute Gasteiger partial charge is 0.370 e. The fraction of sp³-hybridized carbons (Fsp3) is 0.316. The first-order chi connectivity index (χ1) is 12.5. The van der Waals surface area contributed by atoms with E-state index in [2.05, 4.69) is 38.5 Å². The van der Waals surface area contributed by atoms with E-state index in [1.807, 2.05) is 25.1 Å². The molecule has 136 valence electrons. The lowest BCUT2D eigenvalue weighted by Gasteiger charge is -2.28. The van der Waals surface area contributed by atoms with Crippen LogP contribution in [0.3, 0.4) is 0 Å². The first-order valence-electron chi connectivity index (χ1n) is 8.71. The predicted octanol–water partition coefficient (Wildman–Crippen LogP) is 4.18. The van der Waals surface area contributed by atoms with Crippen LogP contribution in [0.25, 0.3) is 11.0 Å². The second-order valence-electron chi connectivity index (χ2n) is 6.70. The van der Waals surface area contributed by atoms with Gasteiger partial charge in [-0.25, -0.2) is 17.4 Å². The number of piperidine rings is 1. The summed E-state index contributed by atoms with van der Waals surface area (Å²) in [5, 5.41) is 0.855. The molecule has 1 aliphatic rings. The summed E-state index contributed by atoms with van der Waals surface area (Å²) in [5.41, 5.74) is 2.58. The van der Waals surface area contributed by atoms with Gasteiger partial charge in [-0.05, 0) is 73.0 Å². The summed E-state index contributed by atoms with van der Waals surface area (Å²) >= 11 is 2.07. The number of anilines is 1. The SMILES string of the molecule is Cc1ccc(S(=O)(=O)n2c(I)cc3cc(N4CCCCC4)cnc32)cc1. The Kier molecular flexibility index (Phi) is 4.68. The Balaban J connectivity index is 1.80. The normalized spacial score (nSPS) is 15.5. The average molecular weight is 481 g/mol. The van der Waals surface area contributed by atoms with E-state index in [-0.39, 0.29) is 4.90 Å². The number of fused-ring (bicyclic) bond motifs is 1. The third-order valence-corrected chi connectivity index (χ3v) is 7.66. The highest BCUT2D eigenvalue weighted by Crippen LogP contribution is 2.29. The molecule has 1 fully saturated rings. The predicted molar refractivity (Wildman–Crippen MR) is 112 cm³/mol. The van der Waals surface area contributed by atoms with Gasteiger partial charge in [0.1, 0.15) is 0 Å². The quantitative estimate of drug-likeness (QED) is 0.527. The molecule has 1 aliphatic heterocycles. The molecule has 1 saturated heterocycles. The van der Waals surface area contributed by atoms with Crippen molar-refractivity contribution in [2.45, 2.75) is 31.1 Å². The van der Waals surface area contributed by atoms with Crippen molar-refractivity contribution in [2.75, 3.05) is 18.0 Å². The number of pyridine rings is 1. The van der Waals surface area contributed by atoms with Crippen LogP contribution in [-0.2, 0) is 10.0 Å². The summed E-state index contributed by atoms with van der Waals surface area (Å²) in [6.07, 6.45) is 5.46. The number of hydrogen-bond acceptors (Lipinski definition) is 4. The smallest absolute Gasteiger partial charge is 0.270 e. The van der Waals surface area contributed by atoms with Gasteiger partial charge in [-0.15, -0.1) is 0 Å². The molecular formula is C19H20IN3O2S. The van der Waals surface area contributed by atoms with Crippen LogP contribution in [-0.4, -0.2) is 30.5 Å². The second-order valence-corrected chi connectivity index (χ2v) is 9.60. The van der Waals surface area contributed by atoms with Gasteiger partial charge in [0.25, 0.3) is 10.0 Å². The maximum Gasteiger partial charge on any atom is 0.270 e. The van der Waals surface area contributed by atoms with Crippen LogP contribution < -0.4 is 4.90 Å². The van der Waals surface area contributed by atoms with E-state index in [9.17, 15) is 8.42 Å². The van der Waals surface area contributed by atoms with Crippen LogP contribution in [0.4, 0.5) is 5.69 Å². The lowest BCUT2D eigenvalue weighted by atomic mass is 10.1. The topological polar surface area (TPSA) is 55.2 Å². The molecule has 3 heterocycles. The Morgan fingerprint density at radius 1 is 1.04 bits per heavy atom. The van der Waals surface area contributed by atoms with Crippen LogP contribution in [0.15, 0.2) is 47.5 Å². The third kappa shape index (κ3) is 3.11. The fourth-order valence-corrected chi connectivity index (χ4v) is 6.09. The fourth-order valence-electron chi connectivity index (χ4n) is 3.40. The molecule has 1 aromatic carbocycles. The van der Waals surface area contributed by atoms with Crippen molar-refractivity contribution in [3.05, 3.63) is 51.9 Å². The highest BCUT2D eigenvalue weighted by Gasteiger charge is 2.23. The Morgan fingerprint density at radius 3 is 2.42 bits per heavy atom. The molecule has 7 heteroatoms. The summed E-state index contributed by atoms with van der Waals surface area (Å²) < 4.78 is 28.3. The van der Waals surface area contributed by atoms with Crippen molar-refractivity contribution in [2.24, 2.45) is 0 Å². The molecule has 0 atom stereocenters. The van der Waals surface area contributed by atoms with Crippen molar-refractivity contribution >= 4 is 49.3 Å². The Bertz CT molecular complexity index is 1050. The summed E-state index contributed by atoms with van der Waals surface area (Å²) in [6.45, 7) is 4.01. The molecule has 0 aliphatic carbocycles. The molecule has 3 aromatic rings. The van der Waals surface area contributed by atoms with E-state index >= 15 is 0 Å². The molecule has 0 unspecified atom stereocenters. The Labute approximate surface area is 167 Å². The zero-order valence-corrected chi connectivity index (χ0v) is 17.5.